The third kappa shape index (κ3) is 4.19. The summed E-state index contributed by atoms with van der Waals surface area (Å²) in [5.41, 5.74) is 5.81. The average Bonchev–Trinajstić information content (AvgIpc) is 2.47. The van der Waals surface area contributed by atoms with Crippen LogP contribution in [-0.4, -0.2) is 34.6 Å². The Kier molecular flexibility index (Phi) is 5.59. The number of rotatable bonds is 6. The Labute approximate surface area is 127 Å². The van der Waals surface area contributed by atoms with Crippen LogP contribution in [0, 0.1) is 11.8 Å². The van der Waals surface area contributed by atoms with Crippen LogP contribution < -0.4 is 16.0 Å². The lowest BCUT2D eigenvalue weighted by Crippen LogP contribution is -2.27. The average molecular weight is 292 g/mol. The number of nitrogens with two attached hydrogens (primary N) is 1. The summed E-state index contributed by atoms with van der Waals surface area (Å²) in [6.07, 6.45) is 5.32. The van der Waals surface area contributed by atoms with E-state index in [4.69, 9.17) is 5.73 Å². The maximum atomic E-state index is 5.81. The van der Waals surface area contributed by atoms with Crippen LogP contribution in [-0.2, 0) is 0 Å². The minimum absolute atomic E-state index is 0.283. The summed E-state index contributed by atoms with van der Waals surface area (Å²) in [7, 11) is 0. The van der Waals surface area contributed by atoms with Crippen molar-refractivity contribution in [3.63, 3.8) is 0 Å². The molecule has 0 amide bonds. The predicted molar refractivity (Wildman–Crippen MR) is 87.4 cm³/mol. The number of nitrogens with zero attached hydrogens (tertiary/aromatic N) is 4. The lowest BCUT2D eigenvalue weighted by atomic mass is 9.80. The lowest BCUT2D eigenvalue weighted by molar-refractivity contribution is 0.268. The lowest BCUT2D eigenvalue weighted by Gasteiger charge is -2.28. The molecule has 21 heavy (non-hydrogen) atoms. The van der Waals surface area contributed by atoms with E-state index in [0.717, 1.165) is 25.6 Å². The topological polar surface area (TPSA) is 80.0 Å². The van der Waals surface area contributed by atoms with Crippen LogP contribution in [0.4, 0.5) is 17.8 Å². The molecular formula is C15H28N6. The van der Waals surface area contributed by atoms with Gasteiger partial charge in [0.05, 0.1) is 0 Å². The number of aromatic nitrogens is 3. The summed E-state index contributed by atoms with van der Waals surface area (Å²) >= 11 is 0. The smallest absolute Gasteiger partial charge is 0.231 e. The molecule has 6 nitrogen and oxygen atoms in total. The van der Waals surface area contributed by atoms with E-state index in [1.807, 2.05) is 0 Å². The molecule has 0 saturated heterocycles. The standard InChI is InChI=1S/C15H28N6/c1-4-21(5-2)15-19-13(16)18-14(20-15)17-10-12-9-7-6-8-11(12)3/h11-12H,4-10H2,1-3H3,(H3,16,17,18,19,20). The first-order valence-electron chi connectivity index (χ1n) is 8.14. The van der Waals surface area contributed by atoms with Crippen molar-refractivity contribution in [1.82, 2.24) is 15.0 Å². The van der Waals surface area contributed by atoms with Crippen molar-refractivity contribution in [3.05, 3.63) is 0 Å². The fourth-order valence-electron chi connectivity index (χ4n) is 3.03. The van der Waals surface area contributed by atoms with E-state index in [9.17, 15) is 0 Å². The van der Waals surface area contributed by atoms with Crippen molar-refractivity contribution < 1.29 is 0 Å². The van der Waals surface area contributed by atoms with Gasteiger partial charge in [-0.1, -0.05) is 26.2 Å². The summed E-state index contributed by atoms with van der Waals surface area (Å²) < 4.78 is 0. The Balaban J connectivity index is 2.02. The largest absolute Gasteiger partial charge is 0.368 e. The van der Waals surface area contributed by atoms with Gasteiger partial charge in [0.2, 0.25) is 17.8 Å². The van der Waals surface area contributed by atoms with E-state index in [1.165, 1.54) is 25.7 Å². The molecule has 6 heteroatoms. The second-order valence-electron chi connectivity index (χ2n) is 5.89. The van der Waals surface area contributed by atoms with Gasteiger partial charge in [0.15, 0.2) is 0 Å². The van der Waals surface area contributed by atoms with Gasteiger partial charge in [-0.05, 0) is 32.1 Å². The van der Waals surface area contributed by atoms with Gasteiger partial charge in [0, 0.05) is 19.6 Å². The quantitative estimate of drug-likeness (QED) is 0.838. The van der Waals surface area contributed by atoms with Crippen LogP contribution in [0.2, 0.25) is 0 Å². The van der Waals surface area contributed by atoms with Gasteiger partial charge in [-0.15, -0.1) is 0 Å². The molecule has 2 atom stereocenters. The molecular weight excluding hydrogens is 264 g/mol. The number of hydrogen-bond donors (Lipinski definition) is 2. The van der Waals surface area contributed by atoms with Crippen LogP contribution >= 0.6 is 0 Å². The summed E-state index contributed by atoms with van der Waals surface area (Å²) in [6, 6.07) is 0. The number of nitrogens with one attached hydrogen (secondary N) is 1. The van der Waals surface area contributed by atoms with E-state index in [2.05, 4.69) is 45.9 Å². The van der Waals surface area contributed by atoms with Gasteiger partial charge in [-0.2, -0.15) is 15.0 Å². The fraction of sp³-hybridized carbons (Fsp3) is 0.800. The van der Waals surface area contributed by atoms with Crippen LogP contribution in [0.15, 0.2) is 0 Å². The van der Waals surface area contributed by atoms with Gasteiger partial charge in [0.1, 0.15) is 0 Å². The van der Waals surface area contributed by atoms with Crippen LogP contribution in [0.5, 0.6) is 0 Å². The van der Waals surface area contributed by atoms with Crippen molar-refractivity contribution >= 4 is 17.8 Å². The molecule has 0 aliphatic heterocycles. The van der Waals surface area contributed by atoms with Gasteiger partial charge in [-0.3, -0.25) is 0 Å². The summed E-state index contributed by atoms with van der Waals surface area (Å²) in [6.45, 7) is 9.15. The summed E-state index contributed by atoms with van der Waals surface area (Å²) in [5.74, 6) is 3.02. The summed E-state index contributed by atoms with van der Waals surface area (Å²) in [4.78, 5) is 15.0. The highest BCUT2D eigenvalue weighted by atomic mass is 15.3. The molecule has 1 fully saturated rings. The zero-order chi connectivity index (χ0) is 15.2. The van der Waals surface area contributed by atoms with Gasteiger partial charge in [-0.25, -0.2) is 0 Å². The highest BCUT2D eigenvalue weighted by molar-refractivity contribution is 5.41. The van der Waals surface area contributed by atoms with Crippen molar-refractivity contribution in [2.45, 2.75) is 46.5 Å². The van der Waals surface area contributed by atoms with E-state index in [0.29, 0.717) is 17.8 Å². The zero-order valence-corrected chi connectivity index (χ0v) is 13.5. The highest BCUT2D eigenvalue weighted by Crippen LogP contribution is 2.29. The second kappa shape index (κ2) is 7.43. The SMILES string of the molecule is CCN(CC)c1nc(N)nc(NCC2CCCCC2C)n1. The molecule has 1 aromatic rings. The van der Waals surface area contributed by atoms with E-state index >= 15 is 0 Å². The third-order valence-electron chi connectivity index (χ3n) is 4.50. The van der Waals surface area contributed by atoms with Gasteiger partial charge in [0.25, 0.3) is 0 Å². The molecule has 2 unspecified atom stereocenters. The Morgan fingerprint density at radius 3 is 2.52 bits per heavy atom. The second-order valence-corrected chi connectivity index (χ2v) is 5.89. The van der Waals surface area contributed by atoms with Crippen molar-refractivity contribution in [2.24, 2.45) is 11.8 Å². The Bertz CT molecular complexity index is 446. The van der Waals surface area contributed by atoms with E-state index in [-0.39, 0.29) is 5.95 Å². The van der Waals surface area contributed by atoms with Gasteiger partial charge >= 0.3 is 0 Å². The summed E-state index contributed by atoms with van der Waals surface area (Å²) in [5, 5.41) is 3.36. The van der Waals surface area contributed by atoms with Crippen molar-refractivity contribution in [3.8, 4) is 0 Å². The fourth-order valence-corrected chi connectivity index (χ4v) is 3.03. The number of nitrogen functional groups attached to an aromatic ring is 1. The van der Waals surface area contributed by atoms with Crippen LogP contribution in [0.3, 0.4) is 0 Å². The first kappa shape index (κ1) is 15.8. The molecule has 0 radical (unpaired) electrons. The molecule has 1 aliphatic rings. The van der Waals surface area contributed by atoms with Crippen LogP contribution in [0.25, 0.3) is 0 Å². The Hall–Kier alpha value is -1.59. The maximum Gasteiger partial charge on any atom is 0.231 e. The van der Waals surface area contributed by atoms with Crippen molar-refractivity contribution in [2.75, 3.05) is 35.6 Å². The number of hydrogen-bond acceptors (Lipinski definition) is 6. The molecule has 118 valence electrons. The zero-order valence-electron chi connectivity index (χ0n) is 13.5. The molecule has 0 aromatic carbocycles. The van der Waals surface area contributed by atoms with Crippen LogP contribution in [0.1, 0.15) is 46.5 Å². The third-order valence-corrected chi connectivity index (χ3v) is 4.50. The molecule has 1 saturated carbocycles. The Morgan fingerprint density at radius 1 is 1.14 bits per heavy atom. The minimum atomic E-state index is 0.283. The predicted octanol–water partition coefficient (Wildman–Crippen LogP) is 2.54. The maximum absolute atomic E-state index is 5.81. The number of anilines is 3. The molecule has 2 rings (SSSR count). The minimum Gasteiger partial charge on any atom is -0.368 e. The first-order chi connectivity index (χ1) is 10.1. The molecule has 1 aliphatic carbocycles. The normalized spacial score (nSPS) is 22.0. The molecule has 1 heterocycles. The first-order valence-corrected chi connectivity index (χ1v) is 8.14. The monoisotopic (exact) mass is 292 g/mol. The van der Waals surface area contributed by atoms with Crippen molar-refractivity contribution in [1.29, 1.82) is 0 Å². The molecule has 0 bridgehead atoms. The van der Waals surface area contributed by atoms with E-state index in [1.54, 1.807) is 0 Å². The van der Waals surface area contributed by atoms with Gasteiger partial charge < -0.3 is 16.0 Å². The van der Waals surface area contributed by atoms with E-state index < -0.39 is 0 Å². The molecule has 3 N–H and O–H groups in total. The Morgan fingerprint density at radius 2 is 1.86 bits per heavy atom. The molecule has 1 aromatic heterocycles. The molecule has 0 spiro atoms. The highest BCUT2D eigenvalue weighted by Gasteiger charge is 2.21.